The van der Waals surface area contributed by atoms with Crippen LogP contribution in [0.15, 0.2) is 67.0 Å². The molecular formula is C26H30N4O3. The molecule has 7 heteroatoms. The molecule has 1 amide bonds. The van der Waals surface area contributed by atoms with Crippen LogP contribution in [0.3, 0.4) is 0 Å². The van der Waals surface area contributed by atoms with Crippen LogP contribution in [-0.4, -0.2) is 53.6 Å². The Labute approximate surface area is 195 Å². The fourth-order valence-electron chi connectivity index (χ4n) is 4.31. The summed E-state index contributed by atoms with van der Waals surface area (Å²) < 4.78 is 11.3. The van der Waals surface area contributed by atoms with Gasteiger partial charge in [0.1, 0.15) is 12.1 Å². The molecule has 1 aromatic heterocycles. The summed E-state index contributed by atoms with van der Waals surface area (Å²) in [5.74, 6) is 2.55. The zero-order valence-corrected chi connectivity index (χ0v) is 19.3. The number of para-hydroxylation sites is 2. The average Bonchev–Trinajstić information content (AvgIpc) is 2.85. The molecule has 4 rings (SSSR count). The molecule has 0 saturated carbocycles. The van der Waals surface area contributed by atoms with Crippen molar-refractivity contribution in [2.45, 2.75) is 32.2 Å². The summed E-state index contributed by atoms with van der Waals surface area (Å²) in [6.07, 6.45) is 2.29. The van der Waals surface area contributed by atoms with Gasteiger partial charge in [-0.15, -0.1) is 0 Å². The van der Waals surface area contributed by atoms with Gasteiger partial charge in [0, 0.05) is 31.7 Å². The first-order valence-corrected chi connectivity index (χ1v) is 11.3. The number of hydrogen-bond acceptors (Lipinski definition) is 6. The fraction of sp³-hybridized carbons (Fsp3) is 0.346. The van der Waals surface area contributed by atoms with E-state index in [2.05, 4.69) is 28.7 Å². The Balaban J connectivity index is 1.44. The summed E-state index contributed by atoms with van der Waals surface area (Å²) in [6, 6.07) is 19.4. The largest absolute Gasteiger partial charge is 0.493 e. The lowest BCUT2D eigenvalue weighted by Gasteiger charge is -2.41. The maximum absolute atomic E-state index is 13.4. The predicted molar refractivity (Wildman–Crippen MR) is 128 cm³/mol. The van der Waals surface area contributed by atoms with Crippen molar-refractivity contribution in [1.82, 2.24) is 14.9 Å². The van der Waals surface area contributed by atoms with E-state index in [9.17, 15) is 4.79 Å². The Morgan fingerprint density at radius 3 is 2.48 bits per heavy atom. The van der Waals surface area contributed by atoms with Gasteiger partial charge in [0.05, 0.1) is 13.0 Å². The molecule has 1 aliphatic heterocycles. The maximum atomic E-state index is 13.4. The lowest BCUT2D eigenvalue weighted by molar-refractivity contribution is -0.135. The van der Waals surface area contributed by atoms with E-state index in [-0.39, 0.29) is 17.9 Å². The van der Waals surface area contributed by atoms with E-state index in [1.807, 2.05) is 65.6 Å². The number of hydrogen-bond donors (Lipinski definition) is 0. The minimum absolute atomic E-state index is 0.0672. The van der Waals surface area contributed by atoms with Gasteiger partial charge in [-0.3, -0.25) is 4.79 Å². The van der Waals surface area contributed by atoms with Crippen molar-refractivity contribution in [1.29, 1.82) is 0 Å². The van der Waals surface area contributed by atoms with Gasteiger partial charge in [0.15, 0.2) is 11.5 Å². The third-order valence-electron chi connectivity index (χ3n) is 6.05. The predicted octanol–water partition coefficient (Wildman–Crippen LogP) is 4.51. The van der Waals surface area contributed by atoms with Crippen molar-refractivity contribution in [2.24, 2.45) is 0 Å². The molecule has 0 spiro atoms. The lowest BCUT2D eigenvalue weighted by atomic mass is 9.94. The number of carbonyl (C=O) groups is 1. The summed E-state index contributed by atoms with van der Waals surface area (Å²) in [5, 5.41) is 0. The average molecular weight is 447 g/mol. The molecule has 0 bridgehead atoms. The van der Waals surface area contributed by atoms with Gasteiger partial charge in [-0.05, 0) is 31.0 Å². The molecule has 3 aromatic rings. The van der Waals surface area contributed by atoms with Crippen molar-refractivity contribution < 1.29 is 14.3 Å². The van der Waals surface area contributed by atoms with Crippen LogP contribution in [0.5, 0.6) is 17.4 Å². The molecule has 7 nitrogen and oxygen atoms in total. The lowest BCUT2D eigenvalue weighted by Crippen LogP contribution is -2.55. The molecule has 33 heavy (non-hydrogen) atoms. The number of nitrogens with zero attached hydrogens (tertiary/aromatic N) is 4. The standard InChI is InChI=1S/C26H30N4O3/c1-4-21(20-10-6-5-7-11-20)26(31)30-15-14-29(17-19(30)2)24-16-25(28-18-27-24)33-23-13-9-8-12-22(23)32-3/h5-13,16,18-19,21H,4,14-15,17H2,1-3H3/t19-,21+/m0/s1. The fourth-order valence-corrected chi connectivity index (χ4v) is 4.31. The molecule has 2 atom stereocenters. The molecular weight excluding hydrogens is 416 g/mol. The highest BCUT2D eigenvalue weighted by molar-refractivity contribution is 5.84. The number of amides is 1. The summed E-state index contributed by atoms with van der Waals surface area (Å²) in [6.45, 7) is 6.21. The van der Waals surface area contributed by atoms with Crippen molar-refractivity contribution in [3.8, 4) is 17.4 Å². The van der Waals surface area contributed by atoms with Crippen molar-refractivity contribution in [2.75, 3.05) is 31.6 Å². The van der Waals surface area contributed by atoms with Crippen LogP contribution in [0.1, 0.15) is 31.7 Å². The minimum atomic E-state index is -0.111. The smallest absolute Gasteiger partial charge is 0.230 e. The SMILES string of the molecule is CC[C@@H](C(=O)N1CCN(c2cc(Oc3ccccc3OC)ncn2)C[C@@H]1C)c1ccccc1. The summed E-state index contributed by atoms with van der Waals surface area (Å²) in [7, 11) is 1.61. The molecule has 172 valence electrons. The number of ether oxygens (including phenoxy) is 2. The van der Waals surface area contributed by atoms with E-state index in [0.29, 0.717) is 37.0 Å². The maximum Gasteiger partial charge on any atom is 0.230 e. The number of piperazine rings is 1. The number of anilines is 1. The molecule has 0 N–H and O–H groups in total. The van der Waals surface area contributed by atoms with Gasteiger partial charge >= 0.3 is 0 Å². The summed E-state index contributed by atoms with van der Waals surface area (Å²) in [5.41, 5.74) is 1.08. The number of benzene rings is 2. The van der Waals surface area contributed by atoms with Crippen LogP contribution in [0.4, 0.5) is 5.82 Å². The van der Waals surface area contributed by atoms with E-state index >= 15 is 0 Å². The van der Waals surface area contributed by atoms with Crippen molar-refractivity contribution in [3.05, 3.63) is 72.6 Å². The van der Waals surface area contributed by atoms with Gasteiger partial charge in [0.25, 0.3) is 0 Å². The van der Waals surface area contributed by atoms with Crippen LogP contribution in [0, 0.1) is 0 Å². The van der Waals surface area contributed by atoms with Crippen molar-refractivity contribution >= 4 is 11.7 Å². The van der Waals surface area contributed by atoms with Crippen LogP contribution in [-0.2, 0) is 4.79 Å². The van der Waals surface area contributed by atoms with Gasteiger partial charge in [-0.25, -0.2) is 9.97 Å². The molecule has 1 aliphatic rings. The molecule has 0 unspecified atom stereocenters. The zero-order chi connectivity index (χ0) is 23.2. The Hall–Kier alpha value is -3.61. The van der Waals surface area contributed by atoms with Gasteiger partial charge in [-0.2, -0.15) is 0 Å². The number of aromatic nitrogens is 2. The number of methoxy groups -OCH3 is 1. The Kier molecular flexibility index (Phi) is 7.07. The zero-order valence-electron chi connectivity index (χ0n) is 19.3. The molecule has 1 saturated heterocycles. The third-order valence-corrected chi connectivity index (χ3v) is 6.05. The Bertz CT molecular complexity index is 1080. The summed E-state index contributed by atoms with van der Waals surface area (Å²) >= 11 is 0. The first-order valence-electron chi connectivity index (χ1n) is 11.3. The van der Waals surface area contributed by atoms with E-state index < -0.39 is 0 Å². The first-order chi connectivity index (χ1) is 16.1. The molecule has 2 aromatic carbocycles. The number of carbonyl (C=O) groups excluding carboxylic acids is 1. The minimum Gasteiger partial charge on any atom is -0.493 e. The highest BCUT2D eigenvalue weighted by atomic mass is 16.5. The quantitative estimate of drug-likeness (QED) is 0.532. The van der Waals surface area contributed by atoms with Gasteiger partial charge < -0.3 is 19.3 Å². The van der Waals surface area contributed by atoms with Crippen molar-refractivity contribution in [3.63, 3.8) is 0 Å². The summed E-state index contributed by atoms with van der Waals surface area (Å²) in [4.78, 5) is 26.2. The topological polar surface area (TPSA) is 67.8 Å². The highest BCUT2D eigenvalue weighted by Gasteiger charge is 2.32. The van der Waals surface area contributed by atoms with Gasteiger partial charge in [-0.1, -0.05) is 49.4 Å². The highest BCUT2D eigenvalue weighted by Crippen LogP contribution is 2.31. The van der Waals surface area contributed by atoms with E-state index in [0.717, 1.165) is 17.8 Å². The van der Waals surface area contributed by atoms with Crippen LogP contribution in [0.25, 0.3) is 0 Å². The normalized spacial score (nSPS) is 16.9. The second kappa shape index (κ2) is 10.3. The second-order valence-electron chi connectivity index (χ2n) is 8.17. The second-order valence-corrected chi connectivity index (χ2v) is 8.17. The van der Waals surface area contributed by atoms with Crippen LogP contribution < -0.4 is 14.4 Å². The molecule has 2 heterocycles. The Morgan fingerprint density at radius 1 is 1.06 bits per heavy atom. The van der Waals surface area contributed by atoms with E-state index in [4.69, 9.17) is 9.47 Å². The first kappa shape index (κ1) is 22.6. The van der Waals surface area contributed by atoms with Crippen LogP contribution in [0.2, 0.25) is 0 Å². The molecule has 0 radical (unpaired) electrons. The molecule has 0 aliphatic carbocycles. The Morgan fingerprint density at radius 2 is 1.79 bits per heavy atom. The monoisotopic (exact) mass is 446 g/mol. The third kappa shape index (κ3) is 5.08. The molecule has 1 fully saturated rings. The van der Waals surface area contributed by atoms with Crippen LogP contribution >= 0.6 is 0 Å². The van der Waals surface area contributed by atoms with E-state index in [1.54, 1.807) is 7.11 Å². The van der Waals surface area contributed by atoms with Gasteiger partial charge in [0.2, 0.25) is 11.8 Å². The number of rotatable bonds is 7. The van der Waals surface area contributed by atoms with E-state index in [1.165, 1.54) is 6.33 Å².